The Labute approximate surface area is 118 Å². The molecule has 20 heavy (non-hydrogen) atoms. The molecule has 1 aromatic rings. The summed E-state index contributed by atoms with van der Waals surface area (Å²) in [4.78, 5) is 15.9. The number of amides is 2. The van der Waals surface area contributed by atoms with Crippen molar-refractivity contribution in [3.05, 3.63) is 11.5 Å². The monoisotopic (exact) mass is 279 g/mol. The molecule has 2 saturated carbocycles. The number of urea groups is 1. The molecule has 6 nitrogen and oxygen atoms in total. The lowest BCUT2D eigenvalue weighted by Crippen LogP contribution is -2.36. The minimum absolute atomic E-state index is 0.122. The highest BCUT2D eigenvalue weighted by Crippen LogP contribution is 2.48. The first kappa shape index (κ1) is 13.4. The van der Waals surface area contributed by atoms with Crippen molar-refractivity contribution in [2.24, 2.45) is 17.8 Å². The number of carbonyl (C=O) groups is 1. The van der Waals surface area contributed by atoms with Gasteiger partial charge in [-0.25, -0.2) is 4.79 Å². The van der Waals surface area contributed by atoms with Gasteiger partial charge in [0.15, 0.2) is 0 Å². The smallest absolute Gasteiger partial charge is 0.322 e. The van der Waals surface area contributed by atoms with E-state index in [2.05, 4.69) is 15.6 Å². The predicted octanol–water partition coefficient (Wildman–Crippen LogP) is 1.82. The van der Waals surface area contributed by atoms with E-state index in [4.69, 9.17) is 4.42 Å². The van der Waals surface area contributed by atoms with Crippen LogP contribution in [0.5, 0.6) is 0 Å². The number of hydrogen-bond donors (Lipinski definition) is 3. The van der Waals surface area contributed by atoms with Gasteiger partial charge in [0.05, 0.1) is 11.8 Å². The van der Waals surface area contributed by atoms with Crippen LogP contribution >= 0.6 is 0 Å². The normalized spacial score (nSPS) is 31.6. The van der Waals surface area contributed by atoms with Gasteiger partial charge in [-0.15, -0.1) is 0 Å². The number of aryl methyl sites for hydroxylation is 2. The number of hydrogen-bond acceptors (Lipinski definition) is 4. The standard InChI is InChI=1S/C14H21N3O3/c1-7-8(2)20-14(16-7)17-13(19)15-6-11-4-10-3-9(11)5-12(10)18/h9-12,18H,3-6H2,1-2H3,(H2,15,16,17,19)/t9-,10-,11+,12-/m1/s1. The molecule has 4 atom stereocenters. The molecule has 1 aromatic heterocycles. The fourth-order valence-corrected chi connectivity index (χ4v) is 3.51. The van der Waals surface area contributed by atoms with E-state index < -0.39 is 0 Å². The molecular weight excluding hydrogens is 258 g/mol. The van der Waals surface area contributed by atoms with Crippen LogP contribution in [0.25, 0.3) is 0 Å². The molecule has 2 fully saturated rings. The summed E-state index contributed by atoms with van der Waals surface area (Å²) in [7, 11) is 0. The molecule has 110 valence electrons. The fraction of sp³-hybridized carbons (Fsp3) is 0.714. The zero-order valence-corrected chi connectivity index (χ0v) is 11.8. The van der Waals surface area contributed by atoms with Gasteiger partial charge in [-0.05, 0) is 50.9 Å². The summed E-state index contributed by atoms with van der Waals surface area (Å²) in [5.41, 5.74) is 0.780. The van der Waals surface area contributed by atoms with E-state index in [1.165, 1.54) is 0 Å². The summed E-state index contributed by atoms with van der Waals surface area (Å²) in [5, 5.41) is 15.2. The molecule has 0 aromatic carbocycles. The van der Waals surface area contributed by atoms with E-state index in [1.807, 2.05) is 13.8 Å². The summed E-state index contributed by atoms with van der Waals surface area (Å²) in [5.74, 6) is 2.19. The Balaban J connectivity index is 1.46. The fourth-order valence-electron chi connectivity index (χ4n) is 3.51. The maximum atomic E-state index is 11.8. The van der Waals surface area contributed by atoms with E-state index in [9.17, 15) is 9.90 Å². The van der Waals surface area contributed by atoms with Crippen molar-refractivity contribution < 1.29 is 14.3 Å². The molecule has 6 heteroatoms. The van der Waals surface area contributed by atoms with Crippen LogP contribution in [-0.2, 0) is 0 Å². The third-order valence-electron chi connectivity index (χ3n) is 4.74. The highest BCUT2D eigenvalue weighted by molar-refractivity contribution is 5.86. The summed E-state index contributed by atoms with van der Waals surface area (Å²) >= 11 is 0. The predicted molar refractivity (Wildman–Crippen MR) is 73.3 cm³/mol. The molecule has 0 unspecified atom stereocenters. The zero-order chi connectivity index (χ0) is 14.3. The van der Waals surface area contributed by atoms with Gasteiger partial charge in [-0.3, -0.25) is 5.32 Å². The third-order valence-corrected chi connectivity index (χ3v) is 4.74. The van der Waals surface area contributed by atoms with Crippen molar-refractivity contribution in [3.63, 3.8) is 0 Å². The third kappa shape index (κ3) is 2.52. The lowest BCUT2D eigenvalue weighted by atomic mass is 9.87. The summed E-state index contributed by atoms with van der Waals surface area (Å²) in [6.45, 7) is 4.30. The Morgan fingerprint density at radius 2 is 2.15 bits per heavy atom. The maximum absolute atomic E-state index is 11.8. The van der Waals surface area contributed by atoms with Gasteiger partial charge in [-0.2, -0.15) is 4.98 Å². The Morgan fingerprint density at radius 3 is 2.70 bits per heavy atom. The van der Waals surface area contributed by atoms with Crippen LogP contribution in [0.2, 0.25) is 0 Å². The molecule has 2 amide bonds. The molecule has 2 aliphatic rings. The van der Waals surface area contributed by atoms with Gasteiger partial charge >= 0.3 is 12.0 Å². The van der Waals surface area contributed by atoms with Crippen LogP contribution in [-0.4, -0.2) is 28.8 Å². The van der Waals surface area contributed by atoms with Crippen LogP contribution in [0.15, 0.2) is 4.42 Å². The van der Waals surface area contributed by atoms with E-state index >= 15 is 0 Å². The van der Waals surface area contributed by atoms with Gasteiger partial charge in [0.25, 0.3) is 0 Å². The number of fused-ring (bicyclic) bond motifs is 2. The highest BCUT2D eigenvalue weighted by atomic mass is 16.4. The molecule has 0 saturated heterocycles. The van der Waals surface area contributed by atoms with Crippen molar-refractivity contribution in [3.8, 4) is 0 Å². The number of oxazole rings is 1. The van der Waals surface area contributed by atoms with Crippen molar-refractivity contribution >= 4 is 12.0 Å². The van der Waals surface area contributed by atoms with Gasteiger partial charge in [0.2, 0.25) is 0 Å². The average molecular weight is 279 g/mol. The van der Waals surface area contributed by atoms with E-state index in [-0.39, 0.29) is 18.1 Å². The topological polar surface area (TPSA) is 87.4 Å². The highest BCUT2D eigenvalue weighted by Gasteiger charge is 2.44. The second kappa shape index (κ2) is 5.09. The molecule has 0 spiro atoms. The molecule has 2 bridgehead atoms. The zero-order valence-electron chi connectivity index (χ0n) is 11.8. The molecule has 3 N–H and O–H groups in total. The number of carbonyl (C=O) groups excluding carboxylic acids is 1. The number of anilines is 1. The van der Waals surface area contributed by atoms with Crippen LogP contribution < -0.4 is 10.6 Å². The summed E-state index contributed by atoms with van der Waals surface area (Å²) in [6, 6.07) is -0.0459. The van der Waals surface area contributed by atoms with Gasteiger partial charge in [0, 0.05) is 6.54 Å². The van der Waals surface area contributed by atoms with Crippen molar-refractivity contribution in [2.45, 2.75) is 39.2 Å². The molecule has 3 rings (SSSR count). The lowest BCUT2D eigenvalue weighted by molar-refractivity contribution is 0.0954. The second-order valence-electron chi connectivity index (χ2n) is 6.05. The number of aliphatic hydroxyl groups excluding tert-OH is 1. The molecule has 1 heterocycles. The largest absolute Gasteiger partial charge is 0.428 e. The Hall–Kier alpha value is -1.56. The number of aliphatic hydroxyl groups is 1. The van der Waals surface area contributed by atoms with Gasteiger partial charge in [-0.1, -0.05) is 0 Å². The van der Waals surface area contributed by atoms with Crippen LogP contribution in [0.3, 0.4) is 0 Å². The second-order valence-corrected chi connectivity index (χ2v) is 6.05. The van der Waals surface area contributed by atoms with Crippen LogP contribution in [0, 0.1) is 31.6 Å². The van der Waals surface area contributed by atoms with Crippen molar-refractivity contribution in [2.75, 3.05) is 11.9 Å². The van der Waals surface area contributed by atoms with Gasteiger partial charge < -0.3 is 14.8 Å². The Morgan fingerprint density at radius 1 is 1.35 bits per heavy atom. The first-order chi connectivity index (χ1) is 9.52. The minimum atomic E-state index is -0.283. The lowest BCUT2D eigenvalue weighted by Gasteiger charge is -2.24. The number of aromatic nitrogens is 1. The summed E-state index contributed by atoms with van der Waals surface area (Å²) in [6.07, 6.45) is 2.89. The van der Waals surface area contributed by atoms with Crippen molar-refractivity contribution in [1.82, 2.24) is 10.3 Å². The van der Waals surface area contributed by atoms with Crippen LogP contribution in [0.4, 0.5) is 10.8 Å². The number of nitrogens with one attached hydrogen (secondary N) is 2. The number of nitrogens with zero attached hydrogens (tertiary/aromatic N) is 1. The minimum Gasteiger partial charge on any atom is -0.428 e. The van der Waals surface area contributed by atoms with E-state index in [1.54, 1.807) is 0 Å². The molecule has 0 radical (unpaired) electrons. The van der Waals surface area contributed by atoms with Gasteiger partial charge in [0.1, 0.15) is 5.76 Å². The van der Waals surface area contributed by atoms with E-state index in [0.29, 0.717) is 30.1 Å². The van der Waals surface area contributed by atoms with E-state index in [0.717, 1.165) is 25.0 Å². The van der Waals surface area contributed by atoms with Crippen molar-refractivity contribution in [1.29, 1.82) is 0 Å². The molecular formula is C14H21N3O3. The summed E-state index contributed by atoms with van der Waals surface area (Å²) < 4.78 is 5.30. The quantitative estimate of drug-likeness (QED) is 0.787. The first-order valence-electron chi connectivity index (χ1n) is 7.20. The molecule has 2 aliphatic carbocycles. The first-order valence-corrected chi connectivity index (χ1v) is 7.20. The SMILES string of the molecule is Cc1nc(NC(=O)NC[C@@H]2C[C@H]3C[C@@H]2C[C@H]3O)oc1C. The van der Waals surface area contributed by atoms with Crippen LogP contribution in [0.1, 0.15) is 30.7 Å². The molecule has 0 aliphatic heterocycles. The Kier molecular flexibility index (Phi) is 3.41. The number of rotatable bonds is 3. The average Bonchev–Trinajstić information content (AvgIpc) is 3.02. The maximum Gasteiger partial charge on any atom is 0.322 e. The Bertz CT molecular complexity index is 492.